The highest BCUT2D eigenvalue weighted by atomic mass is 16.5. The molecule has 0 aliphatic heterocycles. The van der Waals surface area contributed by atoms with Crippen molar-refractivity contribution in [3.63, 3.8) is 0 Å². The first kappa shape index (κ1) is 13.7. The second-order valence-corrected chi connectivity index (χ2v) is 3.19. The van der Waals surface area contributed by atoms with Gasteiger partial charge in [-0.25, -0.2) is 0 Å². The zero-order valence-corrected chi connectivity index (χ0v) is 8.51. The molecule has 0 spiro atoms. The lowest BCUT2D eigenvalue weighted by Gasteiger charge is -1.90. The molecular formula is C9H18O3. The van der Waals surface area contributed by atoms with Crippen LogP contribution in [0.1, 0.15) is 34.1 Å². The molecule has 3 heteroatoms. The van der Waals surface area contributed by atoms with Gasteiger partial charge in [0.15, 0.2) is 0 Å². The summed E-state index contributed by atoms with van der Waals surface area (Å²) in [6, 6.07) is 0. The number of ether oxygens (including phenoxy) is 1. The van der Waals surface area contributed by atoms with Crippen molar-refractivity contribution in [1.29, 1.82) is 0 Å². The SMILES string of the molecule is CC(C)C.COC(=O)CC(C)=O. The maximum atomic E-state index is 10.2. The van der Waals surface area contributed by atoms with Crippen LogP contribution in [0.15, 0.2) is 0 Å². The van der Waals surface area contributed by atoms with Crippen LogP contribution >= 0.6 is 0 Å². The van der Waals surface area contributed by atoms with E-state index in [0.717, 1.165) is 5.92 Å². The molecule has 0 aliphatic rings. The summed E-state index contributed by atoms with van der Waals surface area (Å²) in [4.78, 5) is 20.3. The highest BCUT2D eigenvalue weighted by molar-refractivity contribution is 5.93. The van der Waals surface area contributed by atoms with E-state index in [4.69, 9.17) is 0 Å². The Bertz CT molecular complexity index is 136. The van der Waals surface area contributed by atoms with Crippen molar-refractivity contribution in [2.45, 2.75) is 34.1 Å². The van der Waals surface area contributed by atoms with E-state index in [1.165, 1.54) is 14.0 Å². The highest BCUT2D eigenvalue weighted by Crippen LogP contribution is 1.83. The zero-order chi connectivity index (χ0) is 10.1. The Labute approximate surface area is 74.1 Å². The lowest BCUT2D eigenvalue weighted by molar-refractivity contribution is -0.142. The summed E-state index contributed by atoms with van der Waals surface area (Å²) < 4.78 is 4.20. The second kappa shape index (κ2) is 8.24. The van der Waals surface area contributed by atoms with E-state index in [0.29, 0.717) is 0 Å². The Balaban J connectivity index is 0. The Morgan fingerprint density at radius 2 is 1.58 bits per heavy atom. The van der Waals surface area contributed by atoms with Gasteiger partial charge in [0.25, 0.3) is 0 Å². The van der Waals surface area contributed by atoms with Gasteiger partial charge in [0.1, 0.15) is 12.2 Å². The molecule has 0 heterocycles. The third-order valence-corrected chi connectivity index (χ3v) is 0.621. The van der Waals surface area contributed by atoms with Crippen LogP contribution in [0.4, 0.5) is 0 Å². The lowest BCUT2D eigenvalue weighted by atomic mass is 10.3. The molecule has 0 saturated carbocycles. The molecule has 3 nitrogen and oxygen atoms in total. The van der Waals surface area contributed by atoms with E-state index >= 15 is 0 Å². The fraction of sp³-hybridized carbons (Fsp3) is 0.778. The first-order chi connectivity index (χ1) is 5.40. The minimum Gasteiger partial charge on any atom is -0.469 e. The van der Waals surface area contributed by atoms with Gasteiger partial charge in [0.2, 0.25) is 0 Å². The van der Waals surface area contributed by atoms with Gasteiger partial charge in [-0.3, -0.25) is 9.59 Å². The van der Waals surface area contributed by atoms with E-state index in [9.17, 15) is 9.59 Å². The Morgan fingerprint density at radius 1 is 1.25 bits per heavy atom. The molecule has 72 valence electrons. The standard InChI is InChI=1S/C5H8O3.C4H10/c1-4(6)3-5(7)8-2;1-4(2)3/h3H2,1-2H3;4H,1-3H3. The average Bonchev–Trinajstić information content (AvgIpc) is 1.84. The molecule has 0 aromatic rings. The van der Waals surface area contributed by atoms with Crippen molar-refractivity contribution in [3.05, 3.63) is 0 Å². The van der Waals surface area contributed by atoms with Gasteiger partial charge in [0.05, 0.1) is 7.11 Å². The summed E-state index contributed by atoms with van der Waals surface area (Å²) in [6.07, 6.45) is -0.115. The van der Waals surface area contributed by atoms with E-state index in [2.05, 4.69) is 25.5 Å². The van der Waals surface area contributed by atoms with E-state index in [1.807, 2.05) is 0 Å². The molecule has 0 N–H and O–H groups in total. The molecule has 0 rings (SSSR count). The quantitative estimate of drug-likeness (QED) is 0.473. The largest absolute Gasteiger partial charge is 0.469 e. The lowest BCUT2D eigenvalue weighted by Crippen LogP contribution is -2.05. The van der Waals surface area contributed by atoms with Gasteiger partial charge in [-0.15, -0.1) is 0 Å². The number of rotatable bonds is 2. The summed E-state index contributed by atoms with van der Waals surface area (Å²) in [6.45, 7) is 7.84. The van der Waals surface area contributed by atoms with Gasteiger partial charge >= 0.3 is 5.97 Å². The number of carbonyl (C=O) groups excluding carboxylic acids is 2. The van der Waals surface area contributed by atoms with E-state index < -0.39 is 5.97 Å². The molecule has 0 bridgehead atoms. The molecular weight excluding hydrogens is 156 g/mol. The van der Waals surface area contributed by atoms with Gasteiger partial charge in [0, 0.05) is 0 Å². The van der Waals surface area contributed by atoms with Crippen LogP contribution < -0.4 is 0 Å². The molecule has 0 aromatic carbocycles. The third kappa shape index (κ3) is 22.9. The van der Waals surface area contributed by atoms with Crippen LogP contribution in [0.2, 0.25) is 0 Å². The Kier molecular flexibility index (Phi) is 9.41. The van der Waals surface area contributed by atoms with Crippen molar-refractivity contribution < 1.29 is 14.3 Å². The number of Topliss-reactive ketones (excluding diaryl/α,β-unsaturated/α-hetero) is 1. The van der Waals surface area contributed by atoms with Crippen molar-refractivity contribution in [3.8, 4) is 0 Å². The normalized spacial score (nSPS) is 8.50. The van der Waals surface area contributed by atoms with Crippen LogP contribution in [0.25, 0.3) is 0 Å². The van der Waals surface area contributed by atoms with Crippen molar-refractivity contribution in [2.75, 3.05) is 7.11 Å². The summed E-state index contributed by atoms with van der Waals surface area (Å²) in [5, 5.41) is 0. The number of ketones is 1. The fourth-order valence-corrected chi connectivity index (χ4v) is 0.275. The molecule has 12 heavy (non-hydrogen) atoms. The van der Waals surface area contributed by atoms with Crippen molar-refractivity contribution in [2.24, 2.45) is 5.92 Å². The minimum atomic E-state index is -0.475. The van der Waals surface area contributed by atoms with Crippen LogP contribution in [0.3, 0.4) is 0 Å². The van der Waals surface area contributed by atoms with Gasteiger partial charge < -0.3 is 4.74 Å². The molecule has 0 saturated heterocycles. The maximum absolute atomic E-state index is 10.2. The van der Waals surface area contributed by atoms with Gasteiger partial charge in [-0.05, 0) is 12.8 Å². The van der Waals surface area contributed by atoms with Crippen LogP contribution in [0, 0.1) is 5.92 Å². The second-order valence-electron chi connectivity index (χ2n) is 3.19. The van der Waals surface area contributed by atoms with Gasteiger partial charge in [-0.1, -0.05) is 20.8 Å². The van der Waals surface area contributed by atoms with Gasteiger partial charge in [-0.2, -0.15) is 0 Å². The monoisotopic (exact) mass is 174 g/mol. The van der Waals surface area contributed by atoms with E-state index in [-0.39, 0.29) is 12.2 Å². The van der Waals surface area contributed by atoms with Crippen molar-refractivity contribution in [1.82, 2.24) is 0 Å². The van der Waals surface area contributed by atoms with Crippen LogP contribution in [-0.2, 0) is 14.3 Å². The molecule has 0 atom stereocenters. The highest BCUT2D eigenvalue weighted by Gasteiger charge is 2.01. The summed E-state index contributed by atoms with van der Waals surface area (Å²) in [7, 11) is 1.26. The molecule has 0 radical (unpaired) electrons. The predicted octanol–water partition coefficient (Wildman–Crippen LogP) is 1.80. The number of methoxy groups -OCH3 is 1. The summed E-state index contributed by atoms with van der Waals surface area (Å²) in [5.74, 6) is 0.189. The predicted molar refractivity (Wildman–Crippen MR) is 47.8 cm³/mol. The number of hydrogen-bond donors (Lipinski definition) is 0. The number of hydrogen-bond acceptors (Lipinski definition) is 3. The third-order valence-electron chi connectivity index (χ3n) is 0.621. The van der Waals surface area contributed by atoms with E-state index in [1.54, 1.807) is 0 Å². The van der Waals surface area contributed by atoms with Crippen LogP contribution in [-0.4, -0.2) is 18.9 Å². The first-order valence-electron chi connectivity index (χ1n) is 3.96. The summed E-state index contributed by atoms with van der Waals surface area (Å²) >= 11 is 0. The minimum absolute atomic E-state index is 0.115. The fourth-order valence-electron chi connectivity index (χ4n) is 0.275. The maximum Gasteiger partial charge on any atom is 0.313 e. The molecule has 0 unspecified atom stereocenters. The smallest absolute Gasteiger partial charge is 0.313 e. The topological polar surface area (TPSA) is 43.4 Å². The molecule has 0 fully saturated rings. The van der Waals surface area contributed by atoms with Crippen molar-refractivity contribution >= 4 is 11.8 Å². The Morgan fingerprint density at radius 3 is 1.67 bits per heavy atom. The first-order valence-corrected chi connectivity index (χ1v) is 3.96. The van der Waals surface area contributed by atoms with Crippen LogP contribution in [0.5, 0.6) is 0 Å². The molecule has 0 amide bonds. The number of carbonyl (C=O) groups is 2. The molecule has 0 aromatic heterocycles. The Hall–Kier alpha value is -0.860. The molecule has 0 aliphatic carbocycles. The number of esters is 1. The zero-order valence-electron chi connectivity index (χ0n) is 8.51. The average molecular weight is 174 g/mol. The summed E-state index contributed by atoms with van der Waals surface area (Å²) in [5.41, 5.74) is 0.